The zero-order valence-electron chi connectivity index (χ0n) is 13.5. The van der Waals surface area contributed by atoms with Gasteiger partial charge in [0.15, 0.2) is 11.6 Å². The first-order chi connectivity index (χ1) is 11.9. The van der Waals surface area contributed by atoms with Gasteiger partial charge >= 0.3 is 0 Å². The number of hydrogen-bond acceptors (Lipinski definition) is 4. The Bertz CT molecular complexity index is 861. The zero-order chi connectivity index (χ0) is 18.2. The number of pyridine rings is 1. The molecule has 1 unspecified atom stereocenters. The van der Waals surface area contributed by atoms with Crippen LogP contribution in [0.1, 0.15) is 13.8 Å². The fourth-order valence-electron chi connectivity index (χ4n) is 2.54. The van der Waals surface area contributed by atoms with Crippen LogP contribution in [0.25, 0.3) is 0 Å². The molecule has 8 heteroatoms. The van der Waals surface area contributed by atoms with Crippen molar-refractivity contribution in [3.05, 3.63) is 47.4 Å². The van der Waals surface area contributed by atoms with E-state index >= 15 is 0 Å². The van der Waals surface area contributed by atoms with Gasteiger partial charge in [-0.05, 0) is 44.2 Å². The maximum atomic E-state index is 13.3. The number of nitrogens with zero attached hydrogens (tertiary/aromatic N) is 2. The highest BCUT2D eigenvalue weighted by atomic mass is 35.5. The SMILES string of the molecule is CCN1C(=O)C(C)(C(=O)Nc2ccc(F)c(Cl)c2)Oc2cccnc21. The average molecular weight is 364 g/mol. The first-order valence-corrected chi connectivity index (χ1v) is 7.97. The Morgan fingerprint density at radius 3 is 2.88 bits per heavy atom. The number of carbonyl (C=O) groups is 2. The number of fused-ring (bicyclic) bond motifs is 1. The number of anilines is 2. The van der Waals surface area contributed by atoms with E-state index in [1.807, 2.05) is 0 Å². The second-order valence-corrected chi connectivity index (χ2v) is 6.00. The third kappa shape index (κ3) is 2.91. The molecule has 1 atom stereocenters. The summed E-state index contributed by atoms with van der Waals surface area (Å²) in [5, 5.41) is 2.41. The standard InChI is InChI=1S/C17H15ClFN3O3/c1-3-22-14-13(5-4-8-20-14)25-17(2,16(22)24)15(23)21-10-6-7-12(19)11(18)9-10/h4-9H,3H2,1-2H3,(H,21,23). The molecule has 1 aromatic heterocycles. The van der Waals surface area contributed by atoms with E-state index in [1.165, 1.54) is 24.0 Å². The number of carbonyl (C=O) groups excluding carboxylic acids is 2. The van der Waals surface area contributed by atoms with Gasteiger partial charge in [-0.25, -0.2) is 9.37 Å². The lowest BCUT2D eigenvalue weighted by molar-refractivity contribution is -0.145. The van der Waals surface area contributed by atoms with Crippen LogP contribution in [0.5, 0.6) is 5.75 Å². The molecule has 0 bridgehead atoms. The molecule has 0 fully saturated rings. The van der Waals surface area contributed by atoms with Gasteiger partial charge in [0.25, 0.3) is 17.4 Å². The molecule has 0 saturated heterocycles. The summed E-state index contributed by atoms with van der Waals surface area (Å²) >= 11 is 5.72. The van der Waals surface area contributed by atoms with Gasteiger partial charge in [-0.15, -0.1) is 0 Å². The molecule has 2 heterocycles. The second-order valence-electron chi connectivity index (χ2n) is 5.59. The van der Waals surface area contributed by atoms with Gasteiger partial charge in [-0.3, -0.25) is 14.5 Å². The van der Waals surface area contributed by atoms with Crippen molar-refractivity contribution in [3.63, 3.8) is 0 Å². The van der Waals surface area contributed by atoms with Crippen LogP contribution in [0.15, 0.2) is 36.5 Å². The molecule has 1 aliphatic rings. The van der Waals surface area contributed by atoms with Gasteiger partial charge in [0.2, 0.25) is 0 Å². The number of nitrogens with one attached hydrogen (secondary N) is 1. The summed E-state index contributed by atoms with van der Waals surface area (Å²) in [6.07, 6.45) is 1.54. The monoisotopic (exact) mass is 363 g/mol. The predicted octanol–water partition coefficient (Wildman–Crippen LogP) is 3.02. The molecule has 2 amide bonds. The van der Waals surface area contributed by atoms with Crippen molar-refractivity contribution < 1.29 is 18.7 Å². The topological polar surface area (TPSA) is 71.5 Å². The molecule has 130 valence electrons. The summed E-state index contributed by atoms with van der Waals surface area (Å²) in [7, 11) is 0. The Labute approximate surface area is 148 Å². The molecular weight excluding hydrogens is 349 g/mol. The molecule has 6 nitrogen and oxygen atoms in total. The maximum Gasteiger partial charge on any atom is 0.282 e. The van der Waals surface area contributed by atoms with Crippen LogP contribution in [0.4, 0.5) is 15.9 Å². The van der Waals surface area contributed by atoms with E-state index in [0.717, 1.165) is 6.07 Å². The highest BCUT2D eigenvalue weighted by Crippen LogP contribution is 2.36. The van der Waals surface area contributed by atoms with Gasteiger partial charge in [-0.1, -0.05) is 11.6 Å². The molecule has 1 aliphatic heterocycles. The number of ether oxygens (including phenoxy) is 1. The summed E-state index contributed by atoms with van der Waals surface area (Å²) < 4.78 is 18.9. The van der Waals surface area contributed by atoms with Crippen molar-refractivity contribution in [2.24, 2.45) is 0 Å². The van der Waals surface area contributed by atoms with Crippen molar-refractivity contribution in [2.45, 2.75) is 19.4 Å². The van der Waals surface area contributed by atoms with Crippen LogP contribution in [0.2, 0.25) is 5.02 Å². The Hall–Kier alpha value is -2.67. The molecule has 2 aromatic rings. The highest BCUT2D eigenvalue weighted by molar-refractivity contribution is 6.31. The largest absolute Gasteiger partial charge is 0.464 e. The van der Waals surface area contributed by atoms with Gasteiger partial charge in [-0.2, -0.15) is 0 Å². The fourth-order valence-corrected chi connectivity index (χ4v) is 2.72. The van der Waals surface area contributed by atoms with Gasteiger partial charge in [0.1, 0.15) is 5.82 Å². The number of aromatic nitrogens is 1. The lowest BCUT2D eigenvalue weighted by atomic mass is 10.0. The van der Waals surface area contributed by atoms with Crippen LogP contribution in [0.3, 0.4) is 0 Å². The van der Waals surface area contributed by atoms with E-state index in [4.69, 9.17) is 16.3 Å². The smallest absolute Gasteiger partial charge is 0.282 e. The van der Waals surface area contributed by atoms with Crippen molar-refractivity contribution >= 4 is 34.9 Å². The van der Waals surface area contributed by atoms with E-state index < -0.39 is 23.2 Å². The lowest BCUT2D eigenvalue weighted by Gasteiger charge is -2.38. The molecule has 1 N–H and O–H groups in total. The highest BCUT2D eigenvalue weighted by Gasteiger charge is 2.50. The van der Waals surface area contributed by atoms with Crippen molar-refractivity contribution in [1.29, 1.82) is 0 Å². The summed E-state index contributed by atoms with van der Waals surface area (Å²) in [4.78, 5) is 31.1. The number of rotatable bonds is 3. The quantitative estimate of drug-likeness (QED) is 0.851. The van der Waals surface area contributed by atoms with E-state index in [0.29, 0.717) is 18.1 Å². The van der Waals surface area contributed by atoms with Crippen LogP contribution < -0.4 is 15.0 Å². The van der Waals surface area contributed by atoms with Crippen LogP contribution >= 0.6 is 11.6 Å². The van der Waals surface area contributed by atoms with Gasteiger partial charge in [0, 0.05) is 18.4 Å². The molecule has 1 aromatic carbocycles. The first-order valence-electron chi connectivity index (χ1n) is 7.59. The molecule has 3 rings (SSSR count). The normalized spacial score (nSPS) is 19.2. The number of benzene rings is 1. The lowest BCUT2D eigenvalue weighted by Crippen LogP contribution is -2.60. The average Bonchev–Trinajstić information content (AvgIpc) is 2.59. The minimum Gasteiger partial charge on any atom is -0.464 e. The third-order valence-electron chi connectivity index (χ3n) is 3.90. The number of hydrogen-bond donors (Lipinski definition) is 1. The van der Waals surface area contributed by atoms with E-state index in [9.17, 15) is 14.0 Å². The van der Waals surface area contributed by atoms with E-state index in [1.54, 1.807) is 25.3 Å². The molecule has 25 heavy (non-hydrogen) atoms. The summed E-state index contributed by atoms with van der Waals surface area (Å²) in [6, 6.07) is 7.03. The molecule has 0 saturated carbocycles. The number of likely N-dealkylation sites (N-methyl/N-ethyl adjacent to an activating group) is 1. The fraction of sp³-hybridized carbons (Fsp3) is 0.235. The third-order valence-corrected chi connectivity index (χ3v) is 4.19. The van der Waals surface area contributed by atoms with E-state index in [2.05, 4.69) is 10.3 Å². The van der Waals surface area contributed by atoms with Crippen molar-refractivity contribution in [3.8, 4) is 5.75 Å². The Kier molecular flexibility index (Phi) is 4.34. The van der Waals surface area contributed by atoms with Crippen molar-refractivity contribution in [1.82, 2.24) is 4.98 Å². The zero-order valence-corrected chi connectivity index (χ0v) is 14.3. The Morgan fingerprint density at radius 1 is 1.44 bits per heavy atom. The summed E-state index contributed by atoms with van der Waals surface area (Å²) in [6.45, 7) is 3.49. The minimum atomic E-state index is -1.78. The second kappa shape index (κ2) is 6.33. The molecule has 0 spiro atoms. The molecule has 0 radical (unpaired) electrons. The van der Waals surface area contributed by atoms with Gasteiger partial charge < -0.3 is 10.1 Å². The molecule has 0 aliphatic carbocycles. The first kappa shape index (κ1) is 17.2. The Morgan fingerprint density at radius 2 is 2.20 bits per heavy atom. The minimum absolute atomic E-state index is 0.136. The predicted molar refractivity (Wildman–Crippen MR) is 91.3 cm³/mol. The van der Waals surface area contributed by atoms with Crippen LogP contribution in [-0.2, 0) is 9.59 Å². The van der Waals surface area contributed by atoms with Gasteiger partial charge in [0.05, 0.1) is 5.02 Å². The maximum absolute atomic E-state index is 13.3. The molecular formula is C17H15ClFN3O3. The summed E-state index contributed by atoms with van der Waals surface area (Å²) in [5.74, 6) is -1.13. The van der Waals surface area contributed by atoms with E-state index in [-0.39, 0.29) is 10.7 Å². The number of amides is 2. The van der Waals surface area contributed by atoms with Crippen molar-refractivity contribution in [2.75, 3.05) is 16.8 Å². The number of halogens is 2. The van der Waals surface area contributed by atoms with Crippen LogP contribution in [-0.4, -0.2) is 28.9 Å². The Balaban J connectivity index is 1.93. The van der Waals surface area contributed by atoms with Crippen LogP contribution in [0, 0.1) is 5.82 Å². The summed E-state index contributed by atoms with van der Waals surface area (Å²) in [5.41, 5.74) is -1.53.